The highest BCUT2D eigenvalue weighted by Crippen LogP contribution is 2.34. The molecule has 17 heavy (non-hydrogen) atoms. The van der Waals surface area contributed by atoms with Crippen molar-refractivity contribution in [3.05, 3.63) is 0 Å². The first-order chi connectivity index (χ1) is 8.11. The maximum absolute atomic E-state index is 11.7. The molecule has 0 spiro atoms. The molecule has 2 heterocycles. The fourth-order valence-corrected chi connectivity index (χ4v) is 2.40. The zero-order valence-corrected chi connectivity index (χ0v) is 9.85. The normalized spacial score (nSPS) is 32.2. The summed E-state index contributed by atoms with van der Waals surface area (Å²) in [6.07, 6.45) is 3.17. The summed E-state index contributed by atoms with van der Waals surface area (Å²) in [5, 5.41) is 2.76. The number of ether oxygens (including phenoxy) is 2. The van der Waals surface area contributed by atoms with E-state index in [0.717, 1.165) is 19.3 Å². The van der Waals surface area contributed by atoms with Crippen molar-refractivity contribution >= 4 is 11.9 Å². The molecule has 2 saturated heterocycles. The van der Waals surface area contributed by atoms with Crippen LogP contribution in [0.2, 0.25) is 0 Å². The van der Waals surface area contributed by atoms with E-state index in [-0.39, 0.29) is 24.9 Å². The zero-order valence-electron chi connectivity index (χ0n) is 9.85. The number of esters is 1. The van der Waals surface area contributed by atoms with Crippen molar-refractivity contribution in [1.29, 1.82) is 0 Å². The van der Waals surface area contributed by atoms with Crippen LogP contribution in [0, 0.1) is 0 Å². The fraction of sp³-hybridized carbons (Fsp3) is 0.818. The van der Waals surface area contributed by atoms with E-state index >= 15 is 0 Å². The molecule has 2 fully saturated rings. The summed E-state index contributed by atoms with van der Waals surface area (Å²) in [4.78, 5) is 23.0. The Kier molecular flexibility index (Phi) is 3.63. The number of carbonyl (C=O) groups excluding carboxylic acids is 2. The maximum atomic E-state index is 11.7. The molecule has 4 unspecified atom stereocenters. The van der Waals surface area contributed by atoms with Crippen molar-refractivity contribution in [2.75, 3.05) is 6.61 Å². The van der Waals surface area contributed by atoms with Crippen LogP contribution < -0.4 is 11.1 Å². The van der Waals surface area contributed by atoms with E-state index in [4.69, 9.17) is 15.2 Å². The van der Waals surface area contributed by atoms with Gasteiger partial charge in [0.05, 0.1) is 24.9 Å². The summed E-state index contributed by atoms with van der Waals surface area (Å²) in [7, 11) is 0. The van der Waals surface area contributed by atoms with Crippen LogP contribution in [0.25, 0.3) is 0 Å². The zero-order chi connectivity index (χ0) is 12.4. The third kappa shape index (κ3) is 2.58. The predicted molar refractivity (Wildman–Crippen MR) is 59.1 cm³/mol. The van der Waals surface area contributed by atoms with Crippen molar-refractivity contribution in [3.8, 4) is 0 Å². The third-order valence-electron chi connectivity index (χ3n) is 3.26. The molecule has 2 rings (SSSR count). The molecule has 6 heteroatoms. The number of fused-ring (bicyclic) bond motifs is 2. The monoisotopic (exact) mass is 242 g/mol. The largest absolute Gasteiger partial charge is 0.464 e. The van der Waals surface area contributed by atoms with Gasteiger partial charge in [0.2, 0.25) is 5.91 Å². The van der Waals surface area contributed by atoms with Crippen LogP contribution in [-0.2, 0) is 19.1 Å². The number of rotatable bonds is 4. The van der Waals surface area contributed by atoms with E-state index in [1.807, 2.05) is 0 Å². The molecule has 4 atom stereocenters. The Morgan fingerprint density at radius 2 is 2.29 bits per heavy atom. The van der Waals surface area contributed by atoms with E-state index in [1.54, 1.807) is 6.92 Å². The number of nitrogens with one attached hydrogen (secondary N) is 1. The molecule has 96 valence electrons. The van der Waals surface area contributed by atoms with Gasteiger partial charge in [0.25, 0.3) is 0 Å². The van der Waals surface area contributed by atoms with Crippen molar-refractivity contribution in [2.45, 2.75) is 50.5 Å². The number of hydrogen-bond donors (Lipinski definition) is 2. The summed E-state index contributed by atoms with van der Waals surface area (Å²) in [5.41, 5.74) is 5.50. The topological polar surface area (TPSA) is 90.7 Å². The van der Waals surface area contributed by atoms with Crippen LogP contribution >= 0.6 is 0 Å². The van der Waals surface area contributed by atoms with E-state index in [2.05, 4.69) is 5.32 Å². The second-order valence-electron chi connectivity index (χ2n) is 4.45. The van der Waals surface area contributed by atoms with Gasteiger partial charge in [-0.05, 0) is 26.2 Å². The third-order valence-corrected chi connectivity index (χ3v) is 3.26. The molecule has 0 aromatic heterocycles. The van der Waals surface area contributed by atoms with Gasteiger partial charge in [0.15, 0.2) is 6.04 Å². The Morgan fingerprint density at radius 3 is 2.82 bits per heavy atom. The van der Waals surface area contributed by atoms with Gasteiger partial charge in [0, 0.05) is 0 Å². The van der Waals surface area contributed by atoms with Crippen LogP contribution in [0.3, 0.4) is 0 Å². The molecule has 2 aliphatic heterocycles. The highest BCUT2D eigenvalue weighted by Gasteiger charge is 2.42. The Bertz CT molecular complexity index is 321. The van der Waals surface area contributed by atoms with E-state index in [0.29, 0.717) is 0 Å². The minimum atomic E-state index is -1.24. The SMILES string of the molecule is CCOC(=O)C(N)C(=O)NC1CC2CCC1O2. The number of carbonyl (C=O) groups is 2. The van der Waals surface area contributed by atoms with Crippen molar-refractivity contribution in [3.63, 3.8) is 0 Å². The van der Waals surface area contributed by atoms with Crippen LogP contribution in [-0.4, -0.2) is 42.8 Å². The van der Waals surface area contributed by atoms with Gasteiger partial charge >= 0.3 is 5.97 Å². The van der Waals surface area contributed by atoms with E-state index < -0.39 is 17.9 Å². The van der Waals surface area contributed by atoms with E-state index in [9.17, 15) is 9.59 Å². The van der Waals surface area contributed by atoms with Crippen LogP contribution in [0.4, 0.5) is 0 Å². The van der Waals surface area contributed by atoms with E-state index in [1.165, 1.54) is 0 Å². The molecule has 0 aliphatic carbocycles. The van der Waals surface area contributed by atoms with Crippen LogP contribution in [0.15, 0.2) is 0 Å². The second-order valence-corrected chi connectivity index (χ2v) is 4.45. The maximum Gasteiger partial charge on any atom is 0.332 e. The average molecular weight is 242 g/mol. The summed E-state index contributed by atoms with van der Waals surface area (Å²) in [6.45, 7) is 1.89. The lowest BCUT2D eigenvalue weighted by atomic mass is 9.95. The molecular formula is C11H18N2O4. The lowest BCUT2D eigenvalue weighted by Gasteiger charge is -2.21. The Hall–Kier alpha value is -1.14. The molecule has 6 nitrogen and oxygen atoms in total. The standard InChI is InChI=1S/C11H18N2O4/c1-2-16-11(15)9(12)10(14)13-7-5-6-3-4-8(7)17-6/h6-9H,2-5,12H2,1H3,(H,13,14). The first-order valence-electron chi connectivity index (χ1n) is 6.00. The molecule has 0 aromatic rings. The van der Waals surface area contributed by atoms with Gasteiger partial charge in [-0.1, -0.05) is 0 Å². The second kappa shape index (κ2) is 5.01. The van der Waals surface area contributed by atoms with Crippen LogP contribution in [0.5, 0.6) is 0 Å². The Morgan fingerprint density at radius 1 is 1.53 bits per heavy atom. The molecule has 0 saturated carbocycles. The Labute approximate surface area is 99.8 Å². The number of hydrogen-bond acceptors (Lipinski definition) is 5. The average Bonchev–Trinajstić information content (AvgIpc) is 2.90. The summed E-state index contributed by atoms with van der Waals surface area (Å²) in [5.74, 6) is -1.17. The Balaban J connectivity index is 1.82. The van der Waals surface area contributed by atoms with Gasteiger partial charge in [-0.25, -0.2) is 4.79 Å². The molecular weight excluding hydrogens is 224 g/mol. The molecule has 3 N–H and O–H groups in total. The lowest BCUT2D eigenvalue weighted by Crippen LogP contribution is -2.52. The molecule has 0 radical (unpaired) electrons. The first-order valence-corrected chi connectivity index (χ1v) is 6.00. The summed E-state index contributed by atoms with van der Waals surface area (Å²) in [6, 6.07) is -1.25. The first kappa shape index (κ1) is 12.3. The van der Waals surface area contributed by atoms with Gasteiger partial charge in [-0.3, -0.25) is 4.79 Å². The summed E-state index contributed by atoms with van der Waals surface area (Å²) >= 11 is 0. The van der Waals surface area contributed by atoms with Crippen LogP contribution in [0.1, 0.15) is 26.2 Å². The highest BCUT2D eigenvalue weighted by atomic mass is 16.5. The van der Waals surface area contributed by atoms with Gasteiger partial charge in [-0.2, -0.15) is 0 Å². The summed E-state index contributed by atoms with van der Waals surface area (Å²) < 4.78 is 10.3. The van der Waals surface area contributed by atoms with Gasteiger partial charge in [0.1, 0.15) is 0 Å². The predicted octanol–water partition coefficient (Wildman–Crippen LogP) is -0.687. The molecule has 2 bridgehead atoms. The minimum absolute atomic E-state index is 0.0123. The fourth-order valence-electron chi connectivity index (χ4n) is 2.40. The van der Waals surface area contributed by atoms with Crippen molar-refractivity contribution in [1.82, 2.24) is 5.32 Å². The molecule has 0 aromatic carbocycles. The highest BCUT2D eigenvalue weighted by molar-refractivity contribution is 6.01. The van der Waals surface area contributed by atoms with Gasteiger partial charge < -0.3 is 20.5 Å². The quantitative estimate of drug-likeness (QED) is 0.503. The number of amides is 1. The molecule has 1 amide bonds. The number of nitrogens with two attached hydrogens (primary N) is 1. The van der Waals surface area contributed by atoms with Gasteiger partial charge in [-0.15, -0.1) is 0 Å². The smallest absolute Gasteiger partial charge is 0.332 e. The lowest BCUT2D eigenvalue weighted by molar-refractivity contribution is -0.148. The van der Waals surface area contributed by atoms with Crippen molar-refractivity contribution in [2.24, 2.45) is 5.73 Å². The molecule has 2 aliphatic rings. The van der Waals surface area contributed by atoms with Crippen molar-refractivity contribution < 1.29 is 19.1 Å². The minimum Gasteiger partial charge on any atom is -0.464 e.